The molecule has 2 atom stereocenters. The van der Waals surface area contributed by atoms with Crippen LogP contribution in [0, 0.1) is 11.7 Å². The number of halogens is 1. The summed E-state index contributed by atoms with van der Waals surface area (Å²) in [5.41, 5.74) is 0.804. The molecule has 0 bridgehead atoms. The van der Waals surface area contributed by atoms with Crippen LogP contribution < -0.4 is 0 Å². The third-order valence-corrected chi connectivity index (χ3v) is 9.73. The summed E-state index contributed by atoms with van der Waals surface area (Å²) in [4.78, 5) is 4.23. The Morgan fingerprint density at radius 3 is 2.22 bits per heavy atom. The Morgan fingerprint density at radius 2 is 1.64 bits per heavy atom. The molecule has 2 unspecified atom stereocenters. The number of aliphatic hydroxyl groups excluding tert-OH is 1. The number of fused-ring (bicyclic) bond motifs is 1. The lowest BCUT2D eigenvalue weighted by atomic mass is 9.70. The van der Waals surface area contributed by atoms with Crippen molar-refractivity contribution in [3.63, 3.8) is 0 Å². The van der Waals surface area contributed by atoms with Gasteiger partial charge in [0.15, 0.2) is 15.5 Å². The first kappa shape index (κ1) is 24.6. The van der Waals surface area contributed by atoms with Crippen molar-refractivity contribution in [2.75, 3.05) is 6.26 Å². The molecule has 0 spiro atoms. The standard InChI is InChI=1S/C26H25FN2O5S2/c1-35(31,32)21-12-10-18(11-13-21)24(17-6-5-7-17)25(30)23-15-19-14-20(27)16-28-26(19)29(23)36(33,34)22-8-3-2-4-9-22/h2-4,8-17,24-25,30H,5-7H2,1H3. The lowest BCUT2D eigenvalue weighted by Gasteiger charge is -2.37. The van der Waals surface area contributed by atoms with E-state index in [2.05, 4.69) is 4.98 Å². The third-order valence-electron chi connectivity index (χ3n) is 6.87. The molecule has 1 N–H and O–H groups in total. The molecule has 0 aliphatic heterocycles. The maximum atomic E-state index is 14.0. The summed E-state index contributed by atoms with van der Waals surface area (Å²) in [5, 5.41) is 12.0. The van der Waals surface area contributed by atoms with Crippen LogP contribution >= 0.6 is 0 Å². The molecule has 0 amide bonds. The summed E-state index contributed by atoms with van der Waals surface area (Å²) in [6, 6.07) is 16.8. The molecule has 188 valence electrons. The summed E-state index contributed by atoms with van der Waals surface area (Å²) < 4.78 is 66.3. The minimum absolute atomic E-state index is 0.0137. The molecule has 1 fully saturated rings. The van der Waals surface area contributed by atoms with Gasteiger partial charge >= 0.3 is 0 Å². The van der Waals surface area contributed by atoms with Crippen LogP contribution in [-0.4, -0.2) is 37.2 Å². The number of nitrogens with zero attached hydrogens (tertiary/aromatic N) is 2. The van der Waals surface area contributed by atoms with Gasteiger partial charge in [0.05, 0.1) is 21.7 Å². The van der Waals surface area contributed by atoms with Gasteiger partial charge in [-0.05, 0) is 60.7 Å². The van der Waals surface area contributed by atoms with Gasteiger partial charge in [-0.15, -0.1) is 0 Å². The zero-order valence-corrected chi connectivity index (χ0v) is 21.1. The lowest BCUT2D eigenvalue weighted by molar-refractivity contribution is 0.0835. The SMILES string of the molecule is CS(=O)(=O)c1ccc(C(C2CCC2)C(O)c2cc3cc(F)cnc3n2S(=O)(=O)c2ccccc2)cc1. The van der Waals surface area contributed by atoms with Crippen LogP contribution in [0.3, 0.4) is 0 Å². The van der Waals surface area contributed by atoms with Gasteiger partial charge in [-0.25, -0.2) is 30.2 Å². The van der Waals surface area contributed by atoms with Crippen molar-refractivity contribution in [2.45, 2.75) is 41.1 Å². The van der Waals surface area contributed by atoms with E-state index in [-0.39, 0.29) is 32.4 Å². The summed E-state index contributed by atoms with van der Waals surface area (Å²) in [6.45, 7) is 0. The van der Waals surface area contributed by atoms with Crippen molar-refractivity contribution in [2.24, 2.45) is 5.92 Å². The second-order valence-corrected chi connectivity index (χ2v) is 13.0. The van der Waals surface area contributed by atoms with Gasteiger partial charge in [-0.3, -0.25) is 0 Å². The molecule has 2 heterocycles. The molecule has 2 aromatic carbocycles. The van der Waals surface area contributed by atoms with E-state index >= 15 is 0 Å². The van der Waals surface area contributed by atoms with Crippen molar-refractivity contribution in [1.29, 1.82) is 0 Å². The molecular weight excluding hydrogens is 503 g/mol. The van der Waals surface area contributed by atoms with E-state index < -0.39 is 37.7 Å². The second-order valence-electron chi connectivity index (χ2n) is 9.22. The van der Waals surface area contributed by atoms with Crippen LogP contribution in [0.2, 0.25) is 0 Å². The van der Waals surface area contributed by atoms with Crippen molar-refractivity contribution in [3.8, 4) is 0 Å². The fourth-order valence-corrected chi connectivity index (χ4v) is 7.01. The van der Waals surface area contributed by atoms with Crippen molar-refractivity contribution < 1.29 is 26.3 Å². The number of aliphatic hydroxyl groups is 1. The van der Waals surface area contributed by atoms with Crippen LogP contribution in [0.5, 0.6) is 0 Å². The van der Waals surface area contributed by atoms with Crippen molar-refractivity contribution >= 4 is 30.9 Å². The first-order valence-corrected chi connectivity index (χ1v) is 14.9. The Balaban J connectivity index is 1.68. The molecule has 0 saturated heterocycles. The Hall–Kier alpha value is -3.08. The van der Waals surface area contributed by atoms with Gasteiger partial charge in [-0.2, -0.15) is 0 Å². The zero-order chi connectivity index (χ0) is 25.7. The van der Waals surface area contributed by atoms with E-state index in [0.29, 0.717) is 5.56 Å². The molecule has 0 radical (unpaired) electrons. The number of sulfone groups is 1. The third kappa shape index (κ3) is 4.33. The molecule has 4 aromatic rings. The largest absolute Gasteiger partial charge is 0.386 e. The fraction of sp³-hybridized carbons (Fsp3) is 0.269. The summed E-state index contributed by atoms with van der Waals surface area (Å²) >= 11 is 0. The van der Waals surface area contributed by atoms with Gasteiger partial charge in [-0.1, -0.05) is 36.8 Å². The van der Waals surface area contributed by atoms with Crippen LogP contribution in [0.25, 0.3) is 11.0 Å². The first-order valence-electron chi connectivity index (χ1n) is 11.5. The predicted molar refractivity (Wildman–Crippen MR) is 133 cm³/mol. The van der Waals surface area contributed by atoms with E-state index in [1.54, 1.807) is 30.3 Å². The molecule has 7 nitrogen and oxygen atoms in total. The van der Waals surface area contributed by atoms with E-state index in [1.165, 1.54) is 36.4 Å². The minimum atomic E-state index is -4.17. The van der Waals surface area contributed by atoms with Crippen LogP contribution in [0.4, 0.5) is 4.39 Å². The average molecular weight is 529 g/mol. The summed E-state index contributed by atoms with van der Waals surface area (Å²) in [6.07, 6.45) is 3.47. The molecule has 1 saturated carbocycles. The summed E-state index contributed by atoms with van der Waals surface area (Å²) in [5.74, 6) is -1.05. The Kier molecular flexibility index (Phi) is 6.22. The van der Waals surface area contributed by atoms with E-state index in [1.807, 2.05) is 0 Å². The predicted octanol–water partition coefficient (Wildman–Crippen LogP) is 4.43. The highest BCUT2D eigenvalue weighted by Crippen LogP contribution is 2.47. The first-order chi connectivity index (χ1) is 17.1. The van der Waals surface area contributed by atoms with Gasteiger partial charge in [0.2, 0.25) is 0 Å². The maximum absolute atomic E-state index is 14.0. The Morgan fingerprint density at radius 1 is 0.972 bits per heavy atom. The van der Waals surface area contributed by atoms with Gasteiger partial charge in [0.25, 0.3) is 10.0 Å². The number of rotatable bonds is 7. The normalized spacial score (nSPS) is 16.5. The number of pyridine rings is 1. The van der Waals surface area contributed by atoms with E-state index in [4.69, 9.17) is 0 Å². The molecule has 2 aromatic heterocycles. The van der Waals surface area contributed by atoms with E-state index in [9.17, 15) is 26.3 Å². The monoisotopic (exact) mass is 528 g/mol. The smallest absolute Gasteiger partial charge is 0.269 e. The minimum Gasteiger partial charge on any atom is -0.386 e. The molecule has 1 aliphatic rings. The Labute approximate surface area is 209 Å². The molecule has 5 rings (SSSR count). The van der Waals surface area contributed by atoms with Crippen LogP contribution in [-0.2, 0) is 19.9 Å². The van der Waals surface area contributed by atoms with Crippen LogP contribution in [0.1, 0.15) is 42.5 Å². The average Bonchev–Trinajstić information content (AvgIpc) is 3.20. The van der Waals surface area contributed by atoms with Gasteiger partial charge < -0.3 is 5.11 Å². The quantitative estimate of drug-likeness (QED) is 0.380. The highest BCUT2D eigenvalue weighted by Gasteiger charge is 2.38. The zero-order valence-electron chi connectivity index (χ0n) is 19.5. The maximum Gasteiger partial charge on any atom is 0.269 e. The molecular formula is C26H25FN2O5S2. The highest BCUT2D eigenvalue weighted by molar-refractivity contribution is 7.90. The second kappa shape index (κ2) is 9.10. The lowest BCUT2D eigenvalue weighted by Crippen LogP contribution is -2.28. The van der Waals surface area contributed by atoms with Crippen LogP contribution in [0.15, 0.2) is 82.7 Å². The number of benzene rings is 2. The molecule has 1 aliphatic carbocycles. The van der Waals surface area contributed by atoms with Gasteiger partial charge in [0.1, 0.15) is 11.9 Å². The van der Waals surface area contributed by atoms with Crippen molar-refractivity contribution in [1.82, 2.24) is 8.96 Å². The molecule has 36 heavy (non-hydrogen) atoms. The van der Waals surface area contributed by atoms with E-state index in [0.717, 1.165) is 35.7 Å². The fourth-order valence-electron chi connectivity index (χ4n) is 4.85. The number of hydrogen-bond acceptors (Lipinski definition) is 6. The number of aromatic nitrogens is 2. The topological polar surface area (TPSA) is 106 Å². The Bertz CT molecular complexity index is 1630. The van der Waals surface area contributed by atoms with Gasteiger partial charge in [0, 0.05) is 17.6 Å². The number of hydrogen-bond donors (Lipinski definition) is 1. The highest BCUT2D eigenvalue weighted by atomic mass is 32.2. The summed E-state index contributed by atoms with van der Waals surface area (Å²) in [7, 11) is -7.57. The molecule has 10 heteroatoms. The van der Waals surface area contributed by atoms with Crippen molar-refractivity contribution in [3.05, 3.63) is 90.0 Å².